The molecular formula is C14H25N3O5S. The van der Waals surface area contributed by atoms with Crippen molar-refractivity contribution >= 4 is 21.8 Å². The number of nitrogens with zero attached hydrogens (tertiary/aromatic N) is 3. The van der Waals surface area contributed by atoms with E-state index in [0.29, 0.717) is 39.3 Å². The van der Waals surface area contributed by atoms with Gasteiger partial charge in [0.15, 0.2) is 9.84 Å². The van der Waals surface area contributed by atoms with Crippen molar-refractivity contribution in [3.05, 3.63) is 0 Å². The van der Waals surface area contributed by atoms with Crippen molar-refractivity contribution in [2.24, 2.45) is 4.99 Å². The minimum atomic E-state index is -2.88. The molecule has 0 aromatic rings. The van der Waals surface area contributed by atoms with Crippen molar-refractivity contribution in [2.75, 3.05) is 64.1 Å². The number of rotatable bonds is 4. The molecule has 2 fully saturated rings. The molecule has 132 valence electrons. The molecule has 0 spiro atoms. The van der Waals surface area contributed by atoms with Crippen molar-refractivity contribution in [2.45, 2.75) is 13.3 Å². The molecule has 2 rings (SSSR count). The fraction of sp³-hybridized carbons (Fsp3) is 0.857. The maximum atomic E-state index is 11.8. The second-order valence-corrected chi connectivity index (χ2v) is 7.89. The van der Waals surface area contributed by atoms with Gasteiger partial charge in [0, 0.05) is 39.1 Å². The minimum absolute atomic E-state index is 0.177. The molecule has 0 saturated carbocycles. The van der Waals surface area contributed by atoms with Gasteiger partial charge in [-0.25, -0.2) is 13.2 Å². The summed E-state index contributed by atoms with van der Waals surface area (Å²) in [4.78, 5) is 19.9. The van der Waals surface area contributed by atoms with E-state index in [-0.39, 0.29) is 18.1 Å². The van der Waals surface area contributed by atoms with E-state index in [4.69, 9.17) is 9.47 Å². The van der Waals surface area contributed by atoms with Crippen LogP contribution < -0.4 is 0 Å². The highest BCUT2D eigenvalue weighted by Gasteiger charge is 2.21. The molecule has 23 heavy (non-hydrogen) atoms. The Morgan fingerprint density at radius 1 is 1.17 bits per heavy atom. The Morgan fingerprint density at radius 3 is 2.43 bits per heavy atom. The van der Waals surface area contributed by atoms with E-state index in [2.05, 4.69) is 4.99 Å². The van der Waals surface area contributed by atoms with Crippen molar-refractivity contribution in [1.82, 2.24) is 9.80 Å². The summed E-state index contributed by atoms with van der Waals surface area (Å²) in [5.41, 5.74) is 0. The van der Waals surface area contributed by atoms with E-state index >= 15 is 0 Å². The Balaban J connectivity index is 1.72. The number of morpholine rings is 1. The number of carbonyl (C=O) groups is 1. The number of carbonyl (C=O) groups excluding carboxylic acids is 1. The van der Waals surface area contributed by atoms with Gasteiger partial charge in [0.1, 0.15) is 12.4 Å². The van der Waals surface area contributed by atoms with Crippen molar-refractivity contribution < 1.29 is 22.7 Å². The molecule has 9 heteroatoms. The molecule has 0 atom stereocenters. The van der Waals surface area contributed by atoms with Crippen LogP contribution in [0.25, 0.3) is 0 Å². The maximum Gasteiger partial charge on any atom is 0.435 e. The van der Waals surface area contributed by atoms with Crippen LogP contribution in [0.15, 0.2) is 4.99 Å². The van der Waals surface area contributed by atoms with Crippen LogP contribution in [-0.2, 0) is 19.3 Å². The largest absolute Gasteiger partial charge is 0.447 e. The molecule has 0 bridgehead atoms. The lowest BCUT2D eigenvalue weighted by Gasteiger charge is -2.29. The summed E-state index contributed by atoms with van der Waals surface area (Å²) in [7, 11) is -2.88. The first kappa shape index (κ1) is 18.2. The number of amides is 1. The van der Waals surface area contributed by atoms with Crippen LogP contribution in [0.3, 0.4) is 0 Å². The molecule has 8 nitrogen and oxygen atoms in total. The topological polar surface area (TPSA) is 88.5 Å². The van der Waals surface area contributed by atoms with Crippen LogP contribution >= 0.6 is 0 Å². The zero-order valence-corrected chi connectivity index (χ0v) is 14.4. The average Bonchev–Trinajstić information content (AvgIpc) is 2.55. The van der Waals surface area contributed by atoms with Gasteiger partial charge in [0.05, 0.1) is 24.7 Å². The quantitative estimate of drug-likeness (QED) is 0.522. The monoisotopic (exact) mass is 347 g/mol. The van der Waals surface area contributed by atoms with E-state index in [0.717, 1.165) is 18.9 Å². The summed E-state index contributed by atoms with van der Waals surface area (Å²) in [6, 6.07) is 0. The third-order valence-corrected chi connectivity index (χ3v) is 5.59. The van der Waals surface area contributed by atoms with Crippen LogP contribution in [0.2, 0.25) is 0 Å². The first-order valence-corrected chi connectivity index (χ1v) is 9.82. The number of hydrogen-bond acceptors (Lipinski definition) is 6. The minimum Gasteiger partial charge on any atom is -0.447 e. The van der Waals surface area contributed by atoms with Crippen LogP contribution in [0, 0.1) is 0 Å². The van der Waals surface area contributed by atoms with Gasteiger partial charge in [-0.15, -0.1) is 0 Å². The van der Waals surface area contributed by atoms with Crippen molar-refractivity contribution in [3.63, 3.8) is 0 Å². The van der Waals surface area contributed by atoms with Crippen LogP contribution in [-0.4, -0.2) is 94.2 Å². The van der Waals surface area contributed by atoms with Gasteiger partial charge in [-0.05, 0) is 0 Å². The van der Waals surface area contributed by atoms with Gasteiger partial charge < -0.3 is 14.4 Å². The number of hydrogen-bond donors (Lipinski definition) is 0. The van der Waals surface area contributed by atoms with Crippen molar-refractivity contribution in [1.29, 1.82) is 0 Å². The van der Waals surface area contributed by atoms with Crippen molar-refractivity contribution in [3.8, 4) is 0 Å². The highest BCUT2D eigenvalue weighted by Crippen LogP contribution is 2.05. The second kappa shape index (κ2) is 8.60. The number of aliphatic imine (C=N–C) groups is 1. The molecule has 2 aliphatic rings. The first-order chi connectivity index (χ1) is 11.0. The summed E-state index contributed by atoms with van der Waals surface area (Å²) in [5, 5.41) is 0. The fourth-order valence-electron chi connectivity index (χ4n) is 2.57. The van der Waals surface area contributed by atoms with E-state index < -0.39 is 15.9 Å². The maximum absolute atomic E-state index is 11.8. The Kier molecular flexibility index (Phi) is 6.79. The number of amidine groups is 1. The van der Waals surface area contributed by atoms with Gasteiger partial charge in [-0.2, -0.15) is 4.99 Å². The molecule has 0 aromatic carbocycles. The highest BCUT2D eigenvalue weighted by molar-refractivity contribution is 7.91. The predicted octanol–water partition coefficient (Wildman–Crippen LogP) is -0.00590. The third-order valence-electron chi connectivity index (χ3n) is 3.98. The zero-order chi connectivity index (χ0) is 16.7. The number of ether oxygens (including phenoxy) is 2. The molecule has 1 amide bonds. The molecule has 0 aliphatic carbocycles. The SMILES string of the molecule is CC/C(=N/C(=O)OCCN1CCS(=O)(=O)CC1)N1CCOCC1. The summed E-state index contributed by atoms with van der Waals surface area (Å²) < 4.78 is 33.1. The molecule has 2 aliphatic heterocycles. The Hall–Kier alpha value is -1.19. The van der Waals surface area contributed by atoms with E-state index in [1.807, 2.05) is 16.7 Å². The predicted molar refractivity (Wildman–Crippen MR) is 86.6 cm³/mol. The summed E-state index contributed by atoms with van der Waals surface area (Å²) in [6.07, 6.45) is 0.0805. The normalized spacial score (nSPS) is 22.8. The van der Waals surface area contributed by atoms with E-state index in [1.54, 1.807) is 0 Å². The van der Waals surface area contributed by atoms with Crippen LogP contribution in [0.5, 0.6) is 0 Å². The summed E-state index contributed by atoms with van der Waals surface area (Å²) in [5.74, 6) is 1.08. The van der Waals surface area contributed by atoms with Gasteiger partial charge in [0.25, 0.3) is 0 Å². The molecule has 0 unspecified atom stereocenters. The number of sulfone groups is 1. The third kappa shape index (κ3) is 6.08. The Labute approximate surface area is 137 Å². The fourth-order valence-corrected chi connectivity index (χ4v) is 3.85. The zero-order valence-electron chi connectivity index (χ0n) is 13.6. The molecule has 0 radical (unpaired) electrons. The van der Waals surface area contributed by atoms with Crippen LogP contribution in [0.4, 0.5) is 4.79 Å². The standard InChI is InChI=1S/C14H25N3O5S/c1-2-13(17-4-8-21-9-5-17)15-14(18)22-10-3-16-6-11-23(19,20)12-7-16/h2-12H2,1H3/b15-13-. The van der Waals surface area contributed by atoms with Gasteiger partial charge in [-0.3, -0.25) is 4.90 Å². The highest BCUT2D eigenvalue weighted by atomic mass is 32.2. The molecular weight excluding hydrogens is 322 g/mol. The average molecular weight is 347 g/mol. The lowest BCUT2D eigenvalue weighted by molar-refractivity contribution is 0.0669. The van der Waals surface area contributed by atoms with Gasteiger partial charge in [-0.1, -0.05) is 6.92 Å². The summed E-state index contributed by atoms with van der Waals surface area (Å²) in [6.45, 7) is 6.48. The lowest BCUT2D eigenvalue weighted by atomic mass is 10.3. The van der Waals surface area contributed by atoms with E-state index in [1.165, 1.54) is 0 Å². The van der Waals surface area contributed by atoms with Gasteiger partial charge in [0.2, 0.25) is 0 Å². The molecule has 0 N–H and O–H groups in total. The van der Waals surface area contributed by atoms with Gasteiger partial charge >= 0.3 is 6.09 Å². The summed E-state index contributed by atoms with van der Waals surface area (Å²) >= 11 is 0. The van der Waals surface area contributed by atoms with E-state index in [9.17, 15) is 13.2 Å². The second-order valence-electron chi connectivity index (χ2n) is 5.59. The smallest absolute Gasteiger partial charge is 0.435 e. The first-order valence-electron chi connectivity index (χ1n) is 8.00. The van der Waals surface area contributed by atoms with Crippen LogP contribution in [0.1, 0.15) is 13.3 Å². The molecule has 0 aromatic heterocycles. The molecule has 2 saturated heterocycles. The lowest BCUT2D eigenvalue weighted by Crippen LogP contribution is -2.42. The Bertz CT molecular complexity index is 515. The molecule has 2 heterocycles. The Morgan fingerprint density at radius 2 is 1.83 bits per heavy atom.